The third-order valence-electron chi connectivity index (χ3n) is 4.56. The highest BCUT2D eigenvalue weighted by atomic mass is 35.5. The normalized spacial score (nSPS) is 12.2. The minimum Gasteiger partial charge on any atom is -0.325 e. The van der Waals surface area contributed by atoms with E-state index in [1.807, 2.05) is 74.1 Å². The van der Waals surface area contributed by atoms with E-state index in [0.717, 1.165) is 22.8 Å². The zero-order valence-corrected chi connectivity index (χ0v) is 18.5. The Morgan fingerprint density at radius 2 is 1.79 bits per heavy atom. The van der Waals surface area contributed by atoms with Crippen LogP contribution in [0.5, 0.6) is 0 Å². The highest BCUT2D eigenvalue weighted by Gasteiger charge is 2.21. The van der Waals surface area contributed by atoms with Gasteiger partial charge in [-0.25, -0.2) is 0 Å². The molecule has 1 amide bonds. The summed E-state index contributed by atoms with van der Waals surface area (Å²) in [4.78, 5) is 14.5. The molecule has 8 heteroatoms. The van der Waals surface area contributed by atoms with Crippen LogP contribution in [0.4, 0.5) is 5.69 Å². The maximum Gasteiger partial charge on any atom is 0.234 e. The maximum atomic E-state index is 12.4. The molecule has 3 rings (SSSR count). The van der Waals surface area contributed by atoms with E-state index in [9.17, 15) is 4.79 Å². The minimum absolute atomic E-state index is 0.0499. The van der Waals surface area contributed by atoms with Gasteiger partial charge in [-0.15, -0.1) is 10.2 Å². The van der Waals surface area contributed by atoms with Gasteiger partial charge in [-0.05, 0) is 64.3 Å². The van der Waals surface area contributed by atoms with Gasteiger partial charge in [0.1, 0.15) is 0 Å². The van der Waals surface area contributed by atoms with Crippen molar-refractivity contribution in [3.05, 3.63) is 64.9 Å². The molecular weight excluding hydrogens is 406 g/mol. The number of carbonyl (C=O) groups excluding carboxylic acids is 1. The molecule has 1 aromatic heterocycles. The number of carbonyl (C=O) groups is 1. The molecule has 0 saturated carbocycles. The molecule has 152 valence electrons. The Bertz CT molecular complexity index is 970. The van der Waals surface area contributed by atoms with Gasteiger partial charge in [0.05, 0.1) is 11.8 Å². The van der Waals surface area contributed by atoms with Crippen molar-refractivity contribution in [3.63, 3.8) is 0 Å². The standard InChI is InChI=1S/C21H24ClN5OS/c1-14-5-9-17(10-6-14)23-19(28)13-29-21-25-24-20(15(2)26(3)4)27(21)18-11-7-16(22)8-12-18/h5-12,15H,13H2,1-4H3,(H,23,28)/t15-/m0/s1. The fourth-order valence-electron chi connectivity index (χ4n) is 2.67. The molecule has 0 saturated heterocycles. The molecule has 1 heterocycles. The van der Waals surface area contributed by atoms with Crippen molar-refractivity contribution in [3.8, 4) is 5.69 Å². The molecule has 0 fully saturated rings. The second-order valence-corrected chi connectivity index (χ2v) is 8.37. The summed E-state index contributed by atoms with van der Waals surface area (Å²) in [5.41, 5.74) is 2.84. The van der Waals surface area contributed by atoms with Gasteiger partial charge in [-0.2, -0.15) is 0 Å². The van der Waals surface area contributed by atoms with Crippen LogP contribution in [0.15, 0.2) is 53.7 Å². The number of rotatable bonds is 7. The van der Waals surface area contributed by atoms with Crippen LogP contribution in [0, 0.1) is 6.92 Å². The molecular formula is C21H24ClN5OS. The van der Waals surface area contributed by atoms with Gasteiger partial charge in [0.25, 0.3) is 0 Å². The number of benzene rings is 2. The molecule has 0 aliphatic rings. The number of aromatic nitrogens is 3. The second-order valence-electron chi connectivity index (χ2n) is 7.00. The summed E-state index contributed by atoms with van der Waals surface area (Å²) in [6.07, 6.45) is 0. The number of amides is 1. The summed E-state index contributed by atoms with van der Waals surface area (Å²) in [5, 5.41) is 13.0. The van der Waals surface area contributed by atoms with Crippen molar-refractivity contribution in [1.29, 1.82) is 0 Å². The number of hydrogen-bond acceptors (Lipinski definition) is 5. The summed E-state index contributed by atoms with van der Waals surface area (Å²) in [6.45, 7) is 4.08. The predicted octanol–water partition coefficient (Wildman–Crippen LogP) is 4.58. The first-order valence-corrected chi connectivity index (χ1v) is 10.6. The fraction of sp³-hybridized carbons (Fsp3) is 0.286. The zero-order valence-electron chi connectivity index (χ0n) is 16.9. The van der Waals surface area contributed by atoms with Crippen LogP contribution in [-0.4, -0.2) is 45.4 Å². The highest BCUT2D eigenvalue weighted by Crippen LogP contribution is 2.27. The average Bonchev–Trinajstić information content (AvgIpc) is 3.12. The first kappa shape index (κ1) is 21.4. The van der Waals surface area contributed by atoms with Crippen molar-refractivity contribution in [1.82, 2.24) is 19.7 Å². The Kier molecular flexibility index (Phi) is 6.95. The second kappa shape index (κ2) is 9.43. The quantitative estimate of drug-likeness (QED) is 0.557. The highest BCUT2D eigenvalue weighted by molar-refractivity contribution is 7.99. The lowest BCUT2D eigenvalue weighted by atomic mass is 10.2. The van der Waals surface area contributed by atoms with Crippen molar-refractivity contribution in [2.75, 3.05) is 25.2 Å². The van der Waals surface area contributed by atoms with Gasteiger partial charge in [-0.1, -0.05) is 41.1 Å². The van der Waals surface area contributed by atoms with Gasteiger partial charge in [-0.3, -0.25) is 14.3 Å². The van der Waals surface area contributed by atoms with E-state index < -0.39 is 0 Å². The van der Waals surface area contributed by atoms with E-state index in [2.05, 4.69) is 27.3 Å². The van der Waals surface area contributed by atoms with Gasteiger partial charge in [0.15, 0.2) is 11.0 Å². The Hall–Kier alpha value is -2.35. The smallest absolute Gasteiger partial charge is 0.234 e. The molecule has 1 N–H and O–H groups in total. The lowest BCUT2D eigenvalue weighted by Crippen LogP contribution is -2.21. The van der Waals surface area contributed by atoms with E-state index in [-0.39, 0.29) is 17.7 Å². The largest absolute Gasteiger partial charge is 0.325 e. The molecule has 0 radical (unpaired) electrons. The molecule has 1 atom stereocenters. The Labute approximate surface area is 180 Å². The minimum atomic E-state index is -0.0910. The van der Waals surface area contributed by atoms with Gasteiger partial charge < -0.3 is 5.32 Å². The number of halogens is 1. The SMILES string of the molecule is Cc1ccc(NC(=O)CSc2nnc([C@H](C)N(C)C)n2-c2ccc(Cl)cc2)cc1. The van der Waals surface area contributed by atoms with Crippen LogP contribution >= 0.6 is 23.4 Å². The Morgan fingerprint density at radius 3 is 2.41 bits per heavy atom. The summed E-state index contributed by atoms with van der Waals surface area (Å²) in [6, 6.07) is 15.3. The van der Waals surface area contributed by atoms with E-state index in [1.54, 1.807) is 0 Å². The van der Waals surface area contributed by atoms with Crippen molar-refractivity contribution >= 4 is 35.0 Å². The number of anilines is 1. The molecule has 0 aliphatic carbocycles. The number of nitrogens with one attached hydrogen (secondary N) is 1. The summed E-state index contributed by atoms with van der Waals surface area (Å²) in [7, 11) is 3.99. The zero-order chi connectivity index (χ0) is 21.0. The molecule has 0 spiro atoms. The lowest BCUT2D eigenvalue weighted by molar-refractivity contribution is -0.113. The monoisotopic (exact) mass is 429 g/mol. The number of aryl methyl sites for hydroxylation is 1. The first-order chi connectivity index (χ1) is 13.8. The molecule has 29 heavy (non-hydrogen) atoms. The number of thioether (sulfide) groups is 1. The topological polar surface area (TPSA) is 63.1 Å². The van der Waals surface area contributed by atoms with Crippen molar-refractivity contribution in [2.24, 2.45) is 0 Å². The summed E-state index contributed by atoms with van der Waals surface area (Å²) >= 11 is 7.40. The van der Waals surface area contributed by atoms with E-state index in [1.165, 1.54) is 11.8 Å². The third-order valence-corrected chi connectivity index (χ3v) is 5.74. The summed E-state index contributed by atoms with van der Waals surface area (Å²) in [5.74, 6) is 0.945. The molecule has 0 unspecified atom stereocenters. The molecule has 3 aromatic rings. The van der Waals surface area contributed by atoms with E-state index in [4.69, 9.17) is 11.6 Å². The lowest BCUT2D eigenvalue weighted by Gasteiger charge is -2.20. The van der Waals surface area contributed by atoms with Crippen LogP contribution in [0.1, 0.15) is 24.4 Å². The molecule has 0 bridgehead atoms. The molecule has 0 aliphatic heterocycles. The van der Waals surface area contributed by atoms with Crippen molar-refractivity contribution in [2.45, 2.75) is 25.0 Å². The number of nitrogens with zero attached hydrogens (tertiary/aromatic N) is 4. The maximum absolute atomic E-state index is 12.4. The van der Waals surface area contributed by atoms with Gasteiger partial charge in [0.2, 0.25) is 5.91 Å². The predicted molar refractivity (Wildman–Crippen MR) is 119 cm³/mol. The Balaban J connectivity index is 1.80. The van der Waals surface area contributed by atoms with E-state index in [0.29, 0.717) is 10.2 Å². The molecule has 2 aromatic carbocycles. The average molecular weight is 430 g/mol. The van der Waals surface area contributed by atoms with Crippen LogP contribution < -0.4 is 5.32 Å². The van der Waals surface area contributed by atoms with Crippen LogP contribution in [0.3, 0.4) is 0 Å². The fourth-order valence-corrected chi connectivity index (χ4v) is 3.56. The number of hydrogen-bond donors (Lipinski definition) is 1. The van der Waals surface area contributed by atoms with Crippen LogP contribution in [0.25, 0.3) is 5.69 Å². The third kappa shape index (κ3) is 5.38. The van der Waals surface area contributed by atoms with Gasteiger partial charge >= 0.3 is 0 Å². The Morgan fingerprint density at radius 1 is 1.14 bits per heavy atom. The summed E-state index contributed by atoms with van der Waals surface area (Å²) < 4.78 is 1.98. The van der Waals surface area contributed by atoms with E-state index >= 15 is 0 Å². The van der Waals surface area contributed by atoms with Crippen LogP contribution in [-0.2, 0) is 4.79 Å². The molecule has 6 nitrogen and oxygen atoms in total. The van der Waals surface area contributed by atoms with Crippen LogP contribution in [0.2, 0.25) is 5.02 Å². The van der Waals surface area contributed by atoms with Crippen molar-refractivity contribution < 1.29 is 4.79 Å². The van der Waals surface area contributed by atoms with Gasteiger partial charge in [0, 0.05) is 16.4 Å². The first-order valence-electron chi connectivity index (χ1n) is 9.22.